The number of hydrogen-bond donors (Lipinski definition) is 3. The van der Waals surface area contributed by atoms with Crippen molar-refractivity contribution in [2.75, 3.05) is 26.4 Å². The number of amides is 1. The van der Waals surface area contributed by atoms with Gasteiger partial charge in [-0.15, -0.1) is 0 Å². The molecule has 0 fully saturated rings. The highest BCUT2D eigenvalue weighted by Crippen LogP contribution is 2.19. The highest BCUT2D eigenvalue weighted by atomic mass is 16.6. The molecule has 0 aliphatic heterocycles. The Bertz CT molecular complexity index is 979. The predicted molar refractivity (Wildman–Crippen MR) is 130 cm³/mol. The van der Waals surface area contributed by atoms with Crippen molar-refractivity contribution in [1.29, 1.82) is 0 Å². The maximum Gasteiger partial charge on any atom is 0.359 e. The van der Waals surface area contributed by atoms with Crippen LogP contribution in [0.2, 0.25) is 0 Å². The van der Waals surface area contributed by atoms with Gasteiger partial charge in [0, 0.05) is 17.8 Å². The second-order valence-electron chi connectivity index (χ2n) is 8.46. The van der Waals surface area contributed by atoms with E-state index in [9.17, 15) is 28.8 Å². The third-order valence-corrected chi connectivity index (χ3v) is 5.11. The molecular formula is C24H35N3O11. The fraction of sp³-hybridized carbons (Fsp3) is 0.583. The molecule has 1 amide bonds. The fourth-order valence-electron chi connectivity index (χ4n) is 2.20. The summed E-state index contributed by atoms with van der Waals surface area (Å²) in [6.07, 6.45) is 3.05. The minimum absolute atomic E-state index is 0.0471. The third kappa shape index (κ3) is 13.3. The van der Waals surface area contributed by atoms with Gasteiger partial charge in [-0.1, -0.05) is 34.6 Å². The van der Waals surface area contributed by atoms with Crippen molar-refractivity contribution in [3.8, 4) is 0 Å². The van der Waals surface area contributed by atoms with Gasteiger partial charge in [-0.25, -0.2) is 19.6 Å². The van der Waals surface area contributed by atoms with E-state index in [0.29, 0.717) is 12.8 Å². The molecule has 1 heterocycles. The molecule has 212 valence electrons. The van der Waals surface area contributed by atoms with Gasteiger partial charge < -0.3 is 29.7 Å². The minimum Gasteiger partial charge on any atom is -0.481 e. The van der Waals surface area contributed by atoms with Crippen molar-refractivity contribution >= 4 is 35.8 Å². The number of aromatic nitrogens is 2. The molecule has 0 bridgehead atoms. The van der Waals surface area contributed by atoms with Crippen molar-refractivity contribution in [2.24, 2.45) is 11.3 Å². The van der Waals surface area contributed by atoms with Gasteiger partial charge in [0.05, 0.1) is 12.5 Å². The Labute approximate surface area is 220 Å². The molecule has 1 aromatic rings. The number of carboxylic acids is 2. The lowest BCUT2D eigenvalue weighted by Crippen LogP contribution is -2.38. The summed E-state index contributed by atoms with van der Waals surface area (Å²) in [6.45, 7) is 9.01. The van der Waals surface area contributed by atoms with Crippen LogP contribution in [0.15, 0.2) is 12.4 Å². The molecule has 0 radical (unpaired) electrons. The minimum atomic E-state index is -1.36. The zero-order valence-electron chi connectivity index (χ0n) is 22.1. The quantitative estimate of drug-likeness (QED) is 0.132. The number of nitrogens with zero attached hydrogens (tertiary/aromatic N) is 2. The van der Waals surface area contributed by atoms with Crippen LogP contribution < -0.4 is 5.32 Å². The van der Waals surface area contributed by atoms with E-state index in [2.05, 4.69) is 20.0 Å². The van der Waals surface area contributed by atoms with E-state index >= 15 is 0 Å². The largest absolute Gasteiger partial charge is 0.481 e. The second-order valence-corrected chi connectivity index (χ2v) is 8.46. The highest BCUT2D eigenvalue weighted by molar-refractivity contribution is 5.99. The van der Waals surface area contributed by atoms with Crippen LogP contribution in [0.5, 0.6) is 0 Å². The summed E-state index contributed by atoms with van der Waals surface area (Å²) >= 11 is 0. The van der Waals surface area contributed by atoms with Crippen LogP contribution in [0.25, 0.3) is 0 Å². The van der Waals surface area contributed by atoms with Gasteiger partial charge in [0.1, 0.15) is 26.2 Å². The van der Waals surface area contributed by atoms with E-state index in [-0.39, 0.29) is 49.9 Å². The van der Waals surface area contributed by atoms with Gasteiger partial charge in [-0.3, -0.25) is 19.2 Å². The predicted octanol–water partition coefficient (Wildman–Crippen LogP) is 1.48. The Balaban J connectivity index is 0.000000761. The van der Waals surface area contributed by atoms with Crippen LogP contribution in [0.1, 0.15) is 74.9 Å². The van der Waals surface area contributed by atoms with Gasteiger partial charge in [0.2, 0.25) is 5.91 Å². The lowest BCUT2D eigenvalue weighted by atomic mass is 9.89. The number of aromatic carboxylic acids is 1. The summed E-state index contributed by atoms with van der Waals surface area (Å²) in [5.74, 6) is -5.02. The molecule has 0 aliphatic rings. The standard InChI is InChI=1S/C14H19N3O5.C10H16O6/c1-4-14(2,3)13(21)17-7-8-22-12(20)10-9(11(18)19)15-5-6-16-10;1-3-7(2)10(14)16-5-4-15-9(13)6-8(11)12/h5-6H,4,7-8H2,1-3H3,(H,17,21)(H,18,19);7H,3-6H2,1-2H3,(H,11,12). The van der Waals surface area contributed by atoms with E-state index in [1.54, 1.807) is 6.92 Å². The Morgan fingerprint density at radius 3 is 2.03 bits per heavy atom. The molecule has 1 atom stereocenters. The number of carboxylic acid groups (broad SMARTS) is 2. The van der Waals surface area contributed by atoms with Gasteiger partial charge in [0.25, 0.3) is 0 Å². The monoisotopic (exact) mass is 541 g/mol. The summed E-state index contributed by atoms with van der Waals surface area (Å²) in [4.78, 5) is 73.7. The van der Waals surface area contributed by atoms with Crippen LogP contribution in [0.4, 0.5) is 0 Å². The molecule has 1 rings (SSSR count). The first-order chi connectivity index (χ1) is 17.8. The molecule has 1 unspecified atom stereocenters. The number of esters is 3. The Kier molecular flexibility index (Phi) is 15.5. The summed E-state index contributed by atoms with van der Waals surface area (Å²) in [5.41, 5.74) is -1.33. The zero-order chi connectivity index (χ0) is 29.3. The first kappa shape index (κ1) is 33.9. The van der Waals surface area contributed by atoms with Crippen LogP contribution in [-0.4, -0.2) is 82.3 Å². The van der Waals surface area contributed by atoms with E-state index in [4.69, 9.17) is 19.7 Å². The lowest BCUT2D eigenvalue weighted by Gasteiger charge is -2.21. The van der Waals surface area contributed by atoms with Crippen molar-refractivity contribution < 1.29 is 53.2 Å². The zero-order valence-corrected chi connectivity index (χ0v) is 22.1. The summed E-state index contributed by atoms with van der Waals surface area (Å²) < 4.78 is 14.2. The van der Waals surface area contributed by atoms with Crippen molar-refractivity contribution in [2.45, 2.75) is 53.9 Å². The van der Waals surface area contributed by atoms with E-state index in [1.165, 1.54) is 12.4 Å². The molecule has 14 heteroatoms. The number of carbonyl (C=O) groups excluding carboxylic acids is 4. The van der Waals surface area contributed by atoms with Crippen molar-refractivity contribution in [3.63, 3.8) is 0 Å². The number of rotatable bonds is 14. The summed E-state index contributed by atoms with van der Waals surface area (Å²) in [6, 6.07) is 0. The maximum atomic E-state index is 11.8. The Hall–Kier alpha value is -4.10. The first-order valence-electron chi connectivity index (χ1n) is 11.8. The molecule has 0 aliphatic carbocycles. The molecule has 0 saturated heterocycles. The topological polar surface area (TPSA) is 208 Å². The van der Waals surface area contributed by atoms with Crippen LogP contribution in [0.3, 0.4) is 0 Å². The number of aliphatic carboxylic acids is 1. The Morgan fingerprint density at radius 1 is 0.921 bits per heavy atom. The average molecular weight is 542 g/mol. The molecule has 0 spiro atoms. The number of ether oxygens (including phenoxy) is 3. The maximum absolute atomic E-state index is 11.8. The van der Waals surface area contributed by atoms with Crippen LogP contribution in [-0.2, 0) is 33.4 Å². The smallest absolute Gasteiger partial charge is 0.359 e. The summed E-state index contributed by atoms with van der Waals surface area (Å²) in [7, 11) is 0. The first-order valence-corrected chi connectivity index (χ1v) is 11.8. The molecule has 0 aromatic carbocycles. The highest BCUT2D eigenvalue weighted by Gasteiger charge is 2.25. The molecular weight excluding hydrogens is 506 g/mol. The van der Waals surface area contributed by atoms with Crippen molar-refractivity contribution in [3.05, 3.63) is 23.8 Å². The lowest BCUT2D eigenvalue weighted by molar-refractivity contribution is -0.157. The average Bonchev–Trinajstić information content (AvgIpc) is 2.87. The third-order valence-electron chi connectivity index (χ3n) is 5.11. The SMILES string of the molecule is CCC(C)(C)C(=O)NCCOC(=O)c1nccnc1C(=O)O.CCC(C)C(=O)OCCOC(=O)CC(=O)O. The molecule has 1 aromatic heterocycles. The van der Waals surface area contributed by atoms with Gasteiger partial charge in [0.15, 0.2) is 11.4 Å². The number of nitrogens with one attached hydrogen (secondary N) is 1. The normalized spacial score (nSPS) is 11.2. The fourth-order valence-corrected chi connectivity index (χ4v) is 2.20. The van der Waals surface area contributed by atoms with E-state index in [1.807, 2.05) is 27.7 Å². The molecule has 14 nitrogen and oxygen atoms in total. The summed E-state index contributed by atoms with van der Waals surface area (Å²) in [5, 5.41) is 19.8. The van der Waals surface area contributed by atoms with Crippen LogP contribution in [0, 0.1) is 11.3 Å². The van der Waals surface area contributed by atoms with E-state index in [0.717, 1.165) is 0 Å². The van der Waals surface area contributed by atoms with E-state index < -0.39 is 41.4 Å². The number of carbonyl (C=O) groups is 6. The second kappa shape index (κ2) is 17.4. The molecule has 0 saturated carbocycles. The Morgan fingerprint density at radius 2 is 1.50 bits per heavy atom. The van der Waals surface area contributed by atoms with Gasteiger partial charge in [-0.05, 0) is 12.8 Å². The molecule has 3 N–H and O–H groups in total. The number of hydrogen-bond acceptors (Lipinski definition) is 11. The van der Waals surface area contributed by atoms with Gasteiger partial charge in [-0.2, -0.15) is 0 Å². The van der Waals surface area contributed by atoms with Crippen LogP contribution >= 0.6 is 0 Å². The van der Waals surface area contributed by atoms with Crippen molar-refractivity contribution in [1.82, 2.24) is 15.3 Å². The van der Waals surface area contributed by atoms with Gasteiger partial charge >= 0.3 is 29.8 Å². The molecule has 38 heavy (non-hydrogen) atoms.